The molecule has 0 aromatic heterocycles. The van der Waals surface area contributed by atoms with E-state index in [1.165, 1.54) is 7.11 Å². The Bertz CT molecular complexity index is 738. The fraction of sp³-hybridized carbons (Fsp3) is 0.0526. The Morgan fingerprint density at radius 3 is 1.11 bits per heavy atom. The summed E-state index contributed by atoms with van der Waals surface area (Å²) in [4.78, 5) is 15.5. The Morgan fingerprint density at radius 2 is 0.893 bits per heavy atom. The van der Waals surface area contributed by atoms with Gasteiger partial charge in [-0.15, -0.1) is 0 Å². The van der Waals surface area contributed by atoms with Gasteiger partial charge in [0.15, 0.2) is 0 Å². The molecule has 0 radical (unpaired) electrons. The molecule has 0 saturated heterocycles. The number of rotatable bonds is 7. The summed E-state index contributed by atoms with van der Waals surface area (Å²) < 4.78 is 33.5. The average Bonchev–Trinajstić information content (AvgIpc) is 2.70. The van der Waals surface area contributed by atoms with Crippen molar-refractivity contribution in [3.63, 3.8) is 0 Å². The van der Waals surface area contributed by atoms with Crippen LogP contribution in [0.5, 0.6) is 17.2 Å². The molecule has 7 nitrogen and oxygen atoms in total. The maximum absolute atomic E-state index is 13.1. The van der Waals surface area contributed by atoms with Gasteiger partial charge in [-0.1, -0.05) is 54.6 Å². The zero-order valence-corrected chi connectivity index (χ0v) is 16.8. The van der Waals surface area contributed by atoms with Crippen molar-refractivity contribution in [2.24, 2.45) is 0 Å². The number of benzene rings is 3. The zero-order chi connectivity index (χ0) is 20.2. The van der Waals surface area contributed by atoms with Crippen molar-refractivity contribution in [3.05, 3.63) is 91.0 Å². The molecule has 0 amide bonds. The van der Waals surface area contributed by atoms with Crippen LogP contribution in [0.25, 0.3) is 0 Å². The molecule has 0 fully saturated rings. The van der Waals surface area contributed by atoms with E-state index in [1.54, 1.807) is 72.8 Å². The molecule has 2 N–H and O–H groups in total. The third kappa shape index (κ3) is 8.09. The van der Waals surface area contributed by atoms with Crippen LogP contribution in [0.1, 0.15) is 0 Å². The molecule has 0 unspecified atom stereocenters. The highest BCUT2D eigenvalue weighted by atomic mass is 31.2. The van der Waals surface area contributed by atoms with Gasteiger partial charge in [-0.05, 0) is 36.4 Å². The molecule has 0 aliphatic heterocycles. The third-order valence-corrected chi connectivity index (χ3v) is 4.67. The van der Waals surface area contributed by atoms with E-state index in [0.717, 1.165) is 0 Å². The fourth-order valence-electron chi connectivity index (χ4n) is 1.89. The third-order valence-electron chi connectivity index (χ3n) is 3.04. The van der Waals surface area contributed by atoms with Gasteiger partial charge < -0.3 is 27.9 Å². The molecule has 0 atom stereocenters. The van der Waals surface area contributed by atoms with Crippen LogP contribution in [-0.4, -0.2) is 16.9 Å². The first-order valence-corrected chi connectivity index (χ1v) is 10.7. The summed E-state index contributed by atoms with van der Waals surface area (Å²) in [6.07, 6.45) is 0. The van der Waals surface area contributed by atoms with E-state index in [2.05, 4.69) is 4.52 Å². The highest BCUT2D eigenvalue weighted by Crippen LogP contribution is 2.49. The summed E-state index contributed by atoms with van der Waals surface area (Å²) in [7, 11) is -4.76. The Balaban J connectivity index is 0.000000500. The van der Waals surface area contributed by atoms with Crippen molar-refractivity contribution in [2.45, 2.75) is 0 Å². The lowest BCUT2D eigenvalue weighted by Crippen LogP contribution is -2.07. The minimum Gasteiger partial charge on any atom is -0.386 e. The zero-order valence-electron chi connectivity index (χ0n) is 15.0. The lowest BCUT2D eigenvalue weighted by molar-refractivity contribution is 0.298. The Kier molecular flexibility index (Phi) is 8.95. The molecule has 0 aliphatic carbocycles. The van der Waals surface area contributed by atoms with Crippen LogP contribution in [-0.2, 0) is 9.09 Å². The molecule has 3 rings (SSSR count). The van der Waals surface area contributed by atoms with Gasteiger partial charge in [0.1, 0.15) is 17.2 Å². The second-order valence-electron chi connectivity index (χ2n) is 5.10. The van der Waals surface area contributed by atoms with Crippen LogP contribution < -0.4 is 13.6 Å². The quantitative estimate of drug-likeness (QED) is 0.507. The van der Waals surface area contributed by atoms with Gasteiger partial charge >= 0.3 is 16.4 Å². The Morgan fingerprint density at radius 1 is 0.643 bits per heavy atom. The van der Waals surface area contributed by atoms with Gasteiger partial charge in [0, 0.05) is 7.11 Å². The largest absolute Gasteiger partial charge is 0.647 e. The lowest BCUT2D eigenvalue weighted by atomic mass is 10.3. The number of para-hydroxylation sites is 3. The average molecular weight is 422 g/mol. The van der Waals surface area contributed by atoms with Gasteiger partial charge in [-0.3, -0.25) is 0 Å². The molecule has 9 heteroatoms. The summed E-state index contributed by atoms with van der Waals surface area (Å²) in [6.45, 7) is 0. The molecule has 3 aromatic rings. The smallest absolute Gasteiger partial charge is 0.386 e. The van der Waals surface area contributed by atoms with Gasteiger partial charge in [0.05, 0.1) is 0 Å². The van der Waals surface area contributed by atoms with Crippen LogP contribution in [0.4, 0.5) is 0 Å². The minimum absolute atomic E-state index is 0.405. The van der Waals surface area contributed by atoms with E-state index in [9.17, 15) is 4.57 Å². The summed E-state index contributed by atoms with van der Waals surface area (Å²) >= 11 is 0. The molecule has 0 heterocycles. The predicted octanol–water partition coefficient (Wildman–Crippen LogP) is 5.18. The molecule has 0 aliphatic rings. The molecule has 28 heavy (non-hydrogen) atoms. The molecular formula is C19H20O7P2. The standard InChI is InChI=1S/C18H15O4P.CH5O3P/c19-23(20-16-10-4-1-5-11-16,21-17-12-6-2-7-13-17)22-18-14-8-3-9-15-18;1-4-5(2)3/h1-15H;2-3H,1H3. The lowest BCUT2D eigenvalue weighted by Gasteiger charge is -2.19. The highest BCUT2D eigenvalue weighted by molar-refractivity contribution is 7.49. The topological polar surface area (TPSA) is 94.5 Å². The van der Waals surface area contributed by atoms with E-state index in [0.29, 0.717) is 17.2 Å². The molecule has 3 aromatic carbocycles. The van der Waals surface area contributed by atoms with E-state index < -0.39 is 16.4 Å². The molecule has 0 bridgehead atoms. The van der Waals surface area contributed by atoms with Gasteiger partial charge in [0.25, 0.3) is 0 Å². The molecular weight excluding hydrogens is 402 g/mol. The predicted molar refractivity (Wildman–Crippen MR) is 107 cm³/mol. The van der Waals surface area contributed by atoms with E-state index >= 15 is 0 Å². The first-order valence-electron chi connectivity index (χ1n) is 8.07. The van der Waals surface area contributed by atoms with Crippen LogP contribution in [0.15, 0.2) is 91.0 Å². The first-order chi connectivity index (χ1) is 13.5. The van der Waals surface area contributed by atoms with Crippen LogP contribution >= 0.6 is 16.4 Å². The van der Waals surface area contributed by atoms with Crippen molar-refractivity contribution >= 4 is 16.4 Å². The second kappa shape index (κ2) is 11.4. The fourth-order valence-corrected chi connectivity index (χ4v) is 3.14. The van der Waals surface area contributed by atoms with E-state index in [-0.39, 0.29) is 0 Å². The summed E-state index contributed by atoms with van der Waals surface area (Å²) in [5.74, 6) is 1.22. The van der Waals surface area contributed by atoms with Crippen molar-refractivity contribution in [2.75, 3.05) is 7.11 Å². The minimum atomic E-state index is -3.89. The van der Waals surface area contributed by atoms with Crippen LogP contribution in [0.2, 0.25) is 0 Å². The summed E-state index contributed by atoms with van der Waals surface area (Å²) in [6, 6.07) is 26.4. The number of phosphoric ester groups is 1. The molecule has 148 valence electrons. The maximum Gasteiger partial charge on any atom is 0.647 e. The van der Waals surface area contributed by atoms with Crippen LogP contribution in [0, 0.1) is 0 Å². The van der Waals surface area contributed by atoms with Crippen molar-refractivity contribution in [1.82, 2.24) is 0 Å². The Labute approximate surface area is 164 Å². The van der Waals surface area contributed by atoms with Crippen LogP contribution in [0.3, 0.4) is 0 Å². The van der Waals surface area contributed by atoms with Crippen molar-refractivity contribution in [3.8, 4) is 17.2 Å². The first kappa shape index (κ1) is 21.9. The Hall–Kier alpha value is -2.40. The number of hydrogen-bond acceptors (Lipinski definition) is 7. The second-order valence-corrected chi connectivity index (χ2v) is 7.41. The summed E-state index contributed by atoms with van der Waals surface area (Å²) in [5.41, 5.74) is 0. The van der Waals surface area contributed by atoms with Crippen molar-refractivity contribution in [1.29, 1.82) is 0 Å². The normalized spacial score (nSPS) is 10.6. The van der Waals surface area contributed by atoms with Gasteiger partial charge in [0.2, 0.25) is 0 Å². The highest BCUT2D eigenvalue weighted by Gasteiger charge is 2.33. The maximum atomic E-state index is 13.1. The van der Waals surface area contributed by atoms with E-state index in [4.69, 9.17) is 23.4 Å². The van der Waals surface area contributed by atoms with Gasteiger partial charge in [-0.25, -0.2) is 0 Å². The number of phosphoric acid groups is 1. The van der Waals surface area contributed by atoms with E-state index in [1.807, 2.05) is 18.2 Å². The summed E-state index contributed by atoms with van der Waals surface area (Å²) in [5, 5.41) is 0. The monoisotopic (exact) mass is 422 g/mol. The van der Waals surface area contributed by atoms with Gasteiger partial charge in [-0.2, -0.15) is 4.57 Å². The molecule has 0 spiro atoms. The van der Waals surface area contributed by atoms with Crippen molar-refractivity contribution < 1.29 is 32.4 Å². The molecule has 0 saturated carbocycles. The number of hydrogen-bond donors (Lipinski definition) is 2. The SMILES string of the molecule is COP(O)O.O=P(Oc1ccccc1)(Oc1ccccc1)Oc1ccccc1.